The Morgan fingerprint density at radius 1 is 1.15 bits per heavy atom. The largest absolute Gasteiger partial charge is 0.486 e. The summed E-state index contributed by atoms with van der Waals surface area (Å²) in [6.07, 6.45) is 1.90. The number of hydrogen-bond acceptors (Lipinski definition) is 3. The molecular formula is C22H22FNO3. The Balaban J connectivity index is 1.41. The molecule has 0 unspecified atom stereocenters. The van der Waals surface area contributed by atoms with Crippen molar-refractivity contribution in [2.24, 2.45) is 0 Å². The summed E-state index contributed by atoms with van der Waals surface area (Å²) >= 11 is 0. The van der Waals surface area contributed by atoms with Gasteiger partial charge >= 0.3 is 0 Å². The number of ketones is 1. The van der Waals surface area contributed by atoms with Crippen molar-refractivity contribution < 1.29 is 18.7 Å². The second-order valence-corrected chi connectivity index (χ2v) is 7.57. The van der Waals surface area contributed by atoms with Crippen molar-refractivity contribution in [1.29, 1.82) is 0 Å². The molecule has 2 heterocycles. The van der Waals surface area contributed by atoms with E-state index < -0.39 is 5.60 Å². The number of Topliss-reactive ketones (excluding diaryl/α,β-unsaturated/α-hetero) is 1. The van der Waals surface area contributed by atoms with Gasteiger partial charge in [-0.25, -0.2) is 4.39 Å². The van der Waals surface area contributed by atoms with E-state index >= 15 is 0 Å². The molecule has 4 rings (SSSR count). The van der Waals surface area contributed by atoms with Gasteiger partial charge in [-0.1, -0.05) is 23.8 Å². The number of carbonyl (C=O) groups is 2. The van der Waals surface area contributed by atoms with Crippen molar-refractivity contribution in [3.63, 3.8) is 0 Å². The van der Waals surface area contributed by atoms with Crippen LogP contribution in [0.4, 0.5) is 4.39 Å². The lowest BCUT2D eigenvalue weighted by Crippen LogP contribution is -2.52. The van der Waals surface area contributed by atoms with E-state index in [1.54, 1.807) is 12.1 Å². The average Bonchev–Trinajstić information content (AvgIpc) is 2.65. The van der Waals surface area contributed by atoms with Crippen LogP contribution in [0.15, 0.2) is 42.5 Å². The van der Waals surface area contributed by atoms with Crippen molar-refractivity contribution in [2.45, 2.75) is 38.2 Å². The first-order valence-electron chi connectivity index (χ1n) is 9.29. The van der Waals surface area contributed by atoms with Crippen LogP contribution in [0.5, 0.6) is 5.75 Å². The summed E-state index contributed by atoms with van der Waals surface area (Å²) in [5.74, 6) is 0.490. The van der Waals surface area contributed by atoms with Gasteiger partial charge in [-0.05, 0) is 36.8 Å². The van der Waals surface area contributed by atoms with E-state index in [1.165, 1.54) is 12.1 Å². The average molecular weight is 367 g/mol. The molecule has 2 aromatic rings. The number of likely N-dealkylation sites (tertiary alicyclic amines) is 1. The van der Waals surface area contributed by atoms with Crippen molar-refractivity contribution >= 4 is 11.7 Å². The Morgan fingerprint density at radius 2 is 1.85 bits per heavy atom. The number of fused-ring (bicyclic) bond motifs is 1. The van der Waals surface area contributed by atoms with Gasteiger partial charge in [0.1, 0.15) is 17.2 Å². The first-order chi connectivity index (χ1) is 12.9. The van der Waals surface area contributed by atoms with Crippen LogP contribution in [0, 0.1) is 12.7 Å². The fraction of sp³-hybridized carbons (Fsp3) is 0.364. The molecule has 0 radical (unpaired) electrons. The lowest BCUT2D eigenvalue weighted by Gasteiger charge is -2.44. The minimum Gasteiger partial charge on any atom is -0.486 e. The van der Waals surface area contributed by atoms with Crippen molar-refractivity contribution in [3.05, 3.63) is 65.0 Å². The van der Waals surface area contributed by atoms with E-state index in [-0.39, 0.29) is 23.9 Å². The summed E-state index contributed by atoms with van der Waals surface area (Å²) < 4.78 is 19.2. The molecule has 1 fully saturated rings. The molecule has 0 bridgehead atoms. The van der Waals surface area contributed by atoms with Crippen LogP contribution in [0.2, 0.25) is 0 Å². The van der Waals surface area contributed by atoms with Crippen molar-refractivity contribution in [3.8, 4) is 5.75 Å². The minimum atomic E-state index is -0.508. The van der Waals surface area contributed by atoms with E-state index in [1.807, 2.05) is 30.0 Å². The van der Waals surface area contributed by atoms with Crippen LogP contribution >= 0.6 is 0 Å². The molecule has 0 atom stereocenters. The maximum atomic E-state index is 13.0. The number of rotatable bonds is 2. The van der Waals surface area contributed by atoms with E-state index in [0.29, 0.717) is 43.7 Å². The lowest BCUT2D eigenvalue weighted by molar-refractivity contribution is -0.134. The molecule has 27 heavy (non-hydrogen) atoms. The van der Waals surface area contributed by atoms with E-state index in [4.69, 9.17) is 4.74 Å². The van der Waals surface area contributed by atoms with E-state index in [0.717, 1.165) is 11.1 Å². The van der Waals surface area contributed by atoms with Crippen LogP contribution in [0.3, 0.4) is 0 Å². The number of nitrogens with zero attached hydrogens (tertiary/aromatic N) is 1. The summed E-state index contributed by atoms with van der Waals surface area (Å²) in [6.45, 7) is 3.09. The van der Waals surface area contributed by atoms with Gasteiger partial charge in [-0.2, -0.15) is 0 Å². The van der Waals surface area contributed by atoms with Gasteiger partial charge in [0.15, 0.2) is 5.78 Å². The number of carbonyl (C=O) groups excluding carboxylic acids is 2. The molecule has 0 aromatic heterocycles. The number of hydrogen-bond donors (Lipinski definition) is 0. The molecule has 1 saturated heterocycles. The molecule has 140 valence electrons. The zero-order valence-electron chi connectivity index (χ0n) is 15.3. The first-order valence-corrected chi connectivity index (χ1v) is 9.29. The van der Waals surface area contributed by atoms with Crippen LogP contribution in [0.25, 0.3) is 0 Å². The van der Waals surface area contributed by atoms with Crippen LogP contribution in [-0.4, -0.2) is 35.3 Å². The van der Waals surface area contributed by atoms with Crippen LogP contribution in [-0.2, 0) is 11.2 Å². The smallest absolute Gasteiger partial charge is 0.226 e. The van der Waals surface area contributed by atoms with Gasteiger partial charge in [0, 0.05) is 25.9 Å². The zero-order valence-corrected chi connectivity index (χ0v) is 15.3. The number of amides is 1. The molecule has 1 amide bonds. The van der Waals surface area contributed by atoms with Gasteiger partial charge in [-0.15, -0.1) is 0 Å². The second-order valence-electron chi connectivity index (χ2n) is 7.57. The van der Waals surface area contributed by atoms with Gasteiger partial charge < -0.3 is 9.64 Å². The number of halogens is 1. The normalized spacial score (nSPS) is 18.1. The highest BCUT2D eigenvalue weighted by Crippen LogP contribution is 2.39. The molecular weight excluding hydrogens is 345 g/mol. The first kappa shape index (κ1) is 17.7. The van der Waals surface area contributed by atoms with Crippen LogP contribution in [0.1, 0.15) is 40.7 Å². The SMILES string of the molecule is Cc1ccc2c(c1)C(=O)CC1(CCN(C(=O)Cc3ccc(F)cc3)CC1)O2. The molecule has 4 nitrogen and oxygen atoms in total. The predicted octanol–water partition coefficient (Wildman–Crippen LogP) is 3.70. The molecule has 5 heteroatoms. The second kappa shape index (κ2) is 6.80. The number of benzene rings is 2. The third-order valence-electron chi connectivity index (χ3n) is 5.54. The summed E-state index contributed by atoms with van der Waals surface area (Å²) in [7, 11) is 0. The topological polar surface area (TPSA) is 46.6 Å². The molecule has 0 aliphatic carbocycles. The molecule has 0 saturated carbocycles. The number of ether oxygens (including phenoxy) is 1. The van der Waals surface area contributed by atoms with E-state index in [9.17, 15) is 14.0 Å². The lowest BCUT2D eigenvalue weighted by atomic mass is 9.82. The number of piperidine rings is 1. The van der Waals surface area contributed by atoms with Gasteiger partial charge in [0.05, 0.1) is 18.4 Å². The Kier molecular flexibility index (Phi) is 4.46. The quantitative estimate of drug-likeness (QED) is 0.813. The van der Waals surface area contributed by atoms with Gasteiger partial charge in [0.2, 0.25) is 5.91 Å². The highest BCUT2D eigenvalue weighted by Gasteiger charge is 2.43. The fourth-order valence-electron chi connectivity index (χ4n) is 3.94. The Morgan fingerprint density at radius 3 is 2.56 bits per heavy atom. The maximum absolute atomic E-state index is 13.0. The Bertz CT molecular complexity index is 883. The van der Waals surface area contributed by atoms with E-state index in [2.05, 4.69) is 0 Å². The van der Waals surface area contributed by atoms with Gasteiger partial charge in [-0.3, -0.25) is 9.59 Å². The minimum absolute atomic E-state index is 0.0228. The van der Waals surface area contributed by atoms with Crippen LogP contribution < -0.4 is 4.74 Å². The molecule has 1 spiro atoms. The summed E-state index contributed by atoms with van der Waals surface area (Å²) in [5.41, 5.74) is 2.00. The monoisotopic (exact) mass is 367 g/mol. The van der Waals surface area contributed by atoms with Crippen molar-refractivity contribution in [1.82, 2.24) is 4.90 Å². The summed E-state index contributed by atoms with van der Waals surface area (Å²) in [4.78, 5) is 27.0. The Hall–Kier alpha value is -2.69. The molecule has 2 aromatic carbocycles. The van der Waals surface area contributed by atoms with Crippen molar-refractivity contribution in [2.75, 3.05) is 13.1 Å². The third kappa shape index (κ3) is 3.59. The third-order valence-corrected chi connectivity index (χ3v) is 5.54. The molecule has 0 N–H and O–H groups in total. The predicted molar refractivity (Wildman–Crippen MR) is 99.4 cm³/mol. The standard InChI is InChI=1S/C22H22FNO3/c1-15-2-7-20-18(12-15)19(25)14-22(27-20)8-10-24(11-9-22)21(26)13-16-3-5-17(23)6-4-16/h2-7,12H,8-11,13-14H2,1H3. The zero-order chi connectivity index (χ0) is 19.0. The summed E-state index contributed by atoms with van der Waals surface area (Å²) in [6, 6.07) is 11.7. The fourth-order valence-corrected chi connectivity index (χ4v) is 3.94. The Labute approximate surface area is 157 Å². The summed E-state index contributed by atoms with van der Waals surface area (Å²) in [5, 5.41) is 0. The van der Waals surface area contributed by atoms with Gasteiger partial charge in [0.25, 0.3) is 0 Å². The number of aryl methyl sites for hydroxylation is 1. The highest BCUT2D eigenvalue weighted by atomic mass is 19.1. The highest BCUT2D eigenvalue weighted by molar-refractivity contribution is 6.00. The molecule has 2 aliphatic heterocycles. The maximum Gasteiger partial charge on any atom is 0.226 e. The molecule has 2 aliphatic rings.